The van der Waals surface area contributed by atoms with Crippen LogP contribution in [0.15, 0.2) is 66.8 Å². The lowest BCUT2D eigenvalue weighted by Gasteiger charge is -2.34. The molecule has 6 heteroatoms. The van der Waals surface area contributed by atoms with E-state index >= 15 is 0 Å². The van der Waals surface area contributed by atoms with Crippen LogP contribution in [0.3, 0.4) is 0 Å². The fourth-order valence-electron chi connectivity index (χ4n) is 3.75. The number of carbonyl (C=O) groups is 2. The summed E-state index contributed by atoms with van der Waals surface area (Å²) in [6.07, 6.45) is 8.33. The number of rotatable bonds is 5. The molecule has 2 unspecified atom stereocenters. The van der Waals surface area contributed by atoms with Crippen molar-refractivity contribution in [3.63, 3.8) is 0 Å². The molecule has 3 N–H and O–H groups in total. The van der Waals surface area contributed by atoms with Gasteiger partial charge in [-0.3, -0.25) is 9.59 Å². The van der Waals surface area contributed by atoms with Gasteiger partial charge in [-0.15, -0.1) is 0 Å². The van der Waals surface area contributed by atoms with Gasteiger partial charge in [-0.2, -0.15) is 0 Å². The van der Waals surface area contributed by atoms with E-state index in [4.69, 9.17) is 4.74 Å². The predicted octanol–water partition coefficient (Wildman–Crippen LogP) is 3.53. The quantitative estimate of drug-likeness (QED) is 0.714. The van der Waals surface area contributed by atoms with Gasteiger partial charge >= 0.3 is 0 Å². The Hall–Kier alpha value is -3.54. The Morgan fingerprint density at radius 1 is 1.13 bits per heavy atom. The zero-order valence-corrected chi connectivity index (χ0v) is 17.1. The molecule has 2 amide bonds. The van der Waals surface area contributed by atoms with E-state index in [1.807, 2.05) is 49.4 Å². The summed E-state index contributed by atoms with van der Waals surface area (Å²) in [5.41, 5.74) is 2.62. The first-order chi connectivity index (χ1) is 14.5. The molecule has 0 spiro atoms. The second-order valence-corrected chi connectivity index (χ2v) is 7.71. The molecule has 0 bridgehead atoms. The lowest BCUT2D eigenvalue weighted by atomic mass is 9.78. The number of ether oxygens (including phenoxy) is 1. The normalized spacial score (nSPS) is 21.5. The topological polar surface area (TPSA) is 79.5 Å². The standard InChI is InChI=1S/C24H25N3O3/c1-24(23(29)26-18-9-6-16-12-14-25-20(16)15-18)13-4-3-5-21(24)27-22(28)17-7-10-19(30-2)11-8-17/h3-11,13,15,21,25H,12,14H2,1-2H3,(H,26,29)(H,27,28). The second-order valence-electron chi connectivity index (χ2n) is 7.71. The van der Waals surface area contributed by atoms with Crippen molar-refractivity contribution in [1.29, 1.82) is 0 Å². The summed E-state index contributed by atoms with van der Waals surface area (Å²) in [4.78, 5) is 26.0. The van der Waals surface area contributed by atoms with Crippen LogP contribution in [0.5, 0.6) is 5.75 Å². The van der Waals surface area contributed by atoms with Crippen molar-refractivity contribution in [3.05, 3.63) is 77.9 Å². The summed E-state index contributed by atoms with van der Waals surface area (Å²) >= 11 is 0. The third kappa shape index (κ3) is 3.81. The summed E-state index contributed by atoms with van der Waals surface area (Å²) in [7, 11) is 1.58. The molecule has 30 heavy (non-hydrogen) atoms. The lowest BCUT2D eigenvalue weighted by Crippen LogP contribution is -2.51. The smallest absolute Gasteiger partial charge is 0.251 e. The van der Waals surface area contributed by atoms with E-state index in [-0.39, 0.29) is 11.8 Å². The highest BCUT2D eigenvalue weighted by Gasteiger charge is 2.40. The molecule has 2 aromatic rings. The van der Waals surface area contributed by atoms with Gasteiger partial charge < -0.3 is 20.7 Å². The molecule has 1 aliphatic heterocycles. The van der Waals surface area contributed by atoms with Gasteiger partial charge in [0.25, 0.3) is 5.91 Å². The van der Waals surface area contributed by atoms with Gasteiger partial charge in [-0.05, 0) is 55.3 Å². The first kappa shape index (κ1) is 19.8. The third-order valence-electron chi connectivity index (χ3n) is 5.71. The van der Waals surface area contributed by atoms with Crippen LogP contribution >= 0.6 is 0 Å². The number of fused-ring (bicyclic) bond motifs is 1. The minimum absolute atomic E-state index is 0.180. The van der Waals surface area contributed by atoms with E-state index in [2.05, 4.69) is 16.0 Å². The van der Waals surface area contributed by atoms with Crippen molar-refractivity contribution >= 4 is 23.2 Å². The van der Waals surface area contributed by atoms with Gasteiger partial charge in [0.1, 0.15) is 5.75 Å². The largest absolute Gasteiger partial charge is 0.497 e. The number of methoxy groups -OCH3 is 1. The SMILES string of the molecule is COc1ccc(C(=O)NC2C=CC=CC2(C)C(=O)Nc2ccc3c(c2)NCC3)cc1. The van der Waals surface area contributed by atoms with E-state index in [9.17, 15) is 9.59 Å². The molecule has 6 nitrogen and oxygen atoms in total. The highest BCUT2D eigenvalue weighted by molar-refractivity contribution is 6.00. The van der Waals surface area contributed by atoms with Gasteiger partial charge in [0, 0.05) is 23.5 Å². The monoisotopic (exact) mass is 403 g/mol. The Morgan fingerprint density at radius 2 is 1.93 bits per heavy atom. The van der Waals surface area contributed by atoms with Crippen LogP contribution in [0.25, 0.3) is 0 Å². The second kappa shape index (κ2) is 8.06. The molecule has 0 saturated carbocycles. The molecule has 0 radical (unpaired) electrons. The van der Waals surface area contributed by atoms with Crippen molar-refractivity contribution < 1.29 is 14.3 Å². The molecule has 0 saturated heterocycles. The van der Waals surface area contributed by atoms with Crippen molar-refractivity contribution in [1.82, 2.24) is 5.32 Å². The van der Waals surface area contributed by atoms with E-state index in [0.717, 1.165) is 24.3 Å². The van der Waals surface area contributed by atoms with Gasteiger partial charge in [0.2, 0.25) is 5.91 Å². The average molecular weight is 403 g/mol. The van der Waals surface area contributed by atoms with Gasteiger partial charge in [-0.25, -0.2) is 0 Å². The van der Waals surface area contributed by atoms with Crippen LogP contribution in [0.4, 0.5) is 11.4 Å². The summed E-state index contributed by atoms with van der Waals surface area (Å²) in [6, 6.07) is 12.3. The molecule has 1 aliphatic carbocycles. The van der Waals surface area contributed by atoms with Crippen LogP contribution in [-0.4, -0.2) is 31.5 Å². The average Bonchev–Trinajstić information content (AvgIpc) is 3.23. The molecule has 0 fully saturated rings. The van der Waals surface area contributed by atoms with Gasteiger partial charge in [0.15, 0.2) is 0 Å². The highest BCUT2D eigenvalue weighted by atomic mass is 16.5. The Balaban J connectivity index is 1.50. The number of nitrogens with one attached hydrogen (secondary N) is 3. The number of allylic oxidation sites excluding steroid dienone is 2. The molecule has 2 atom stereocenters. The van der Waals surface area contributed by atoms with Crippen LogP contribution in [0, 0.1) is 5.41 Å². The minimum Gasteiger partial charge on any atom is -0.497 e. The fourth-order valence-corrected chi connectivity index (χ4v) is 3.75. The van der Waals surface area contributed by atoms with E-state index in [1.54, 1.807) is 31.4 Å². The maximum Gasteiger partial charge on any atom is 0.251 e. The molecule has 2 aromatic carbocycles. The third-order valence-corrected chi connectivity index (χ3v) is 5.71. The molecule has 4 rings (SSSR count). The molecule has 1 heterocycles. The molecule has 0 aromatic heterocycles. The number of anilines is 2. The molecule has 2 aliphatic rings. The van der Waals surface area contributed by atoms with Crippen molar-refractivity contribution in [3.8, 4) is 5.75 Å². The Labute approximate surface area is 176 Å². The Morgan fingerprint density at radius 3 is 2.70 bits per heavy atom. The molecular formula is C24H25N3O3. The minimum atomic E-state index is -0.927. The van der Waals surface area contributed by atoms with Crippen molar-refractivity contribution in [2.24, 2.45) is 5.41 Å². The summed E-state index contributed by atoms with van der Waals surface area (Å²) in [5, 5.41) is 9.31. The Kier molecular flexibility index (Phi) is 5.31. The fraction of sp³-hybridized carbons (Fsp3) is 0.250. The maximum absolute atomic E-state index is 13.2. The predicted molar refractivity (Wildman–Crippen MR) is 118 cm³/mol. The van der Waals surface area contributed by atoms with Crippen molar-refractivity contribution in [2.45, 2.75) is 19.4 Å². The first-order valence-corrected chi connectivity index (χ1v) is 9.99. The number of carbonyl (C=O) groups excluding carboxylic acids is 2. The van der Waals surface area contributed by atoms with Crippen LogP contribution < -0.4 is 20.7 Å². The van der Waals surface area contributed by atoms with Crippen molar-refractivity contribution in [2.75, 3.05) is 24.3 Å². The number of benzene rings is 2. The van der Waals surface area contributed by atoms with E-state index in [1.165, 1.54) is 5.56 Å². The maximum atomic E-state index is 13.2. The van der Waals surface area contributed by atoms with Crippen LogP contribution in [0.2, 0.25) is 0 Å². The Bertz CT molecular complexity index is 1030. The van der Waals surface area contributed by atoms with Crippen LogP contribution in [-0.2, 0) is 11.2 Å². The zero-order valence-electron chi connectivity index (χ0n) is 17.1. The number of hydrogen-bond donors (Lipinski definition) is 3. The summed E-state index contributed by atoms with van der Waals surface area (Å²) in [5.74, 6) is 0.254. The first-order valence-electron chi connectivity index (χ1n) is 9.99. The van der Waals surface area contributed by atoms with E-state index < -0.39 is 11.5 Å². The van der Waals surface area contributed by atoms with E-state index in [0.29, 0.717) is 11.3 Å². The van der Waals surface area contributed by atoms with Gasteiger partial charge in [-0.1, -0.05) is 30.4 Å². The lowest BCUT2D eigenvalue weighted by molar-refractivity contribution is -0.123. The number of hydrogen-bond acceptors (Lipinski definition) is 4. The van der Waals surface area contributed by atoms with Crippen LogP contribution in [0.1, 0.15) is 22.8 Å². The summed E-state index contributed by atoms with van der Waals surface area (Å²) in [6.45, 7) is 2.74. The number of amides is 2. The highest BCUT2D eigenvalue weighted by Crippen LogP contribution is 2.31. The molecular weight excluding hydrogens is 378 g/mol. The van der Waals surface area contributed by atoms with Gasteiger partial charge in [0.05, 0.1) is 18.6 Å². The zero-order chi connectivity index (χ0) is 21.1. The summed E-state index contributed by atoms with van der Waals surface area (Å²) < 4.78 is 5.14. The molecule has 154 valence electrons.